The van der Waals surface area contributed by atoms with Crippen LogP contribution in [0.5, 0.6) is 0 Å². The SMILES string of the molecule is COC1CCC2(CC1)Cc1ccc(CC(C)C)cc1C21NC(=S)N(C(C)C)C1=O. The quantitative estimate of drug-likeness (QED) is 0.745. The summed E-state index contributed by atoms with van der Waals surface area (Å²) in [6.07, 6.45) is 6.20. The predicted molar refractivity (Wildman–Crippen MR) is 120 cm³/mol. The van der Waals surface area contributed by atoms with Gasteiger partial charge in [-0.1, -0.05) is 32.0 Å². The van der Waals surface area contributed by atoms with Gasteiger partial charge in [-0.25, -0.2) is 0 Å². The molecular weight excluding hydrogens is 380 g/mol. The van der Waals surface area contributed by atoms with Crippen molar-refractivity contribution in [2.45, 2.75) is 83.9 Å². The molecule has 1 saturated heterocycles. The van der Waals surface area contributed by atoms with Crippen molar-refractivity contribution in [3.63, 3.8) is 0 Å². The topological polar surface area (TPSA) is 41.6 Å². The van der Waals surface area contributed by atoms with E-state index in [1.807, 2.05) is 18.7 Å². The molecule has 1 amide bonds. The maximum absolute atomic E-state index is 14.0. The summed E-state index contributed by atoms with van der Waals surface area (Å²) in [7, 11) is 1.80. The molecule has 2 spiro atoms. The van der Waals surface area contributed by atoms with Crippen LogP contribution in [0.4, 0.5) is 0 Å². The van der Waals surface area contributed by atoms with Gasteiger partial charge >= 0.3 is 0 Å². The van der Waals surface area contributed by atoms with Crippen LogP contribution in [0.3, 0.4) is 0 Å². The number of benzene rings is 1. The van der Waals surface area contributed by atoms with E-state index in [0.29, 0.717) is 17.1 Å². The Morgan fingerprint density at radius 1 is 1.24 bits per heavy atom. The number of amides is 1. The molecule has 1 unspecified atom stereocenters. The Morgan fingerprint density at radius 3 is 2.48 bits per heavy atom. The van der Waals surface area contributed by atoms with Gasteiger partial charge in [0, 0.05) is 18.6 Å². The second-order valence-corrected chi connectivity index (χ2v) is 10.3. The first-order chi connectivity index (χ1) is 13.7. The number of carbonyl (C=O) groups is 1. The van der Waals surface area contributed by atoms with E-state index in [-0.39, 0.29) is 17.4 Å². The minimum absolute atomic E-state index is 0.0529. The van der Waals surface area contributed by atoms with Crippen molar-refractivity contribution < 1.29 is 9.53 Å². The van der Waals surface area contributed by atoms with Crippen molar-refractivity contribution in [1.29, 1.82) is 0 Å². The monoisotopic (exact) mass is 414 g/mol. The summed E-state index contributed by atoms with van der Waals surface area (Å²) in [5.41, 5.74) is 2.93. The van der Waals surface area contributed by atoms with Crippen LogP contribution < -0.4 is 5.32 Å². The predicted octanol–water partition coefficient (Wildman–Crippen LogP) is 4.34. The van der Waals surface area contributed by atoms with Gasteiger partial charge in [-0.3, -0.25) is 9.69 Å². The molecule has 1 atom stereocenters. The van der Waals surface area contributed by atoms with E-state index < -0.39 is 5.54 Å². The number of hydrogen-bond acceptors (Lipinski definition) is 3. The smallest absolute Gasteiger partial charge is 0.259 e. The van der Waals surface area contributed by atoms with E-state index in [9.17, 15) is 4.79 Å². The average molecular weight is 415 g/mol. The molecule has 2 fully saturated rings. The van der Waals surface area contributed by atoms with E-state index >= 15 is 0 Å². The summed E-state index contributed by atoms with van der Waals surface area (Å²) >= 11 is 5.70. The average Bonchev–Trinajstić information content (AvgIpc) is 3.08. The van der Waals surface area contributed by atoms with Gasteiger partial charge in [0.2, 0.25) is 0 Å². The molecule has 29 heavy (non-hydrogen) atoms. The molecule has 3 aliphatic rings. The highest BCUT2D eigenvalue weighted by Crippen LogP contribution is 2.60. The molecule has 1 aromatic rings. The maximum Gasteiger partial charge on any atom is 0.259 e. The summed E-state index contributed by atoms with van der Waals surface area (Å²) in [4.78, 5) is 15.9. The lowest BCUT2D eigenvalue weighted by molar-refractivity contribution is -0.139. The molecule has 0 bridgehead atoms. The number of carbonyl (C=O) groups excluding carboxylic acids is 1. The number of fused-ring (bicyclic) bond motifs is 3. The van der Waals surface area contributed by atoms with Gasteiger partial charge in [0.15, 0.2) is 10.7 Å². The molecular formula is C24H34N2O2S. The lowest BCUT2D eigenvalue weighted by Gasteiger charge is -2.46. The third kappa shape index (κ3) is 3.04. The zero-order valence-electron chi connectivity index (χ0n) is 18.4. The van der Waals surface area contributed by atoms with Gasteiger partial charge in [-0.15, -0.1) is 0 Å². The fourth-order valence-corrected chi connectivity index (χ4v) is 6.44. The first-order valence-corrected chi connectivity index (χ1v) is 11.5. The van der Waals surface area contributed by atoms with Crippen molar-refractivity contribution >= 4 is 23.2 Å². The van der Waals surface area contributed by atoms with Gasteiger partial charge in [0.1, 0.15) is 0 Å². The number of methoxy groups -OCH3 is 1. The van der Waals surface area contributed by atoms with Crippen LogP contribution >= 0.6 is 12.2 Å². The number of nitrogens with zero attached hydrogens (tertiary/aromatic N) is 1. The lowest BCUT2D eigenvalue weighted by atomic mass is 9.61. The highest BCUT2D eigenvalue weighted by Gasteiger charge is 2.67. The Bertz CT molecular complexity index is 826. The largest absolute Gasteiger partial charge is 0.381 e. The summed E-state index contributed by atoms with van der Waals surface area (Å²) in [6.45, 7) is 8.57. The third-order valence-corrected chi connectivity index (χ3v) is 7.64. The summed E-state index contributed by atoms with van der Waals surface area (Å²) in [5.74, 6) is 0.728. The standard InChI is InChI=1S/C24H34N2O2S/c1-15(2)12-17-6-7-18-14-23(10-8-19(28-5)9-11-23)24(20(18)13-17)21(27)26(16(3)4)22(29)25-24/h6-7,13,15-16,19H,8-12,14H2,1-5H3,(H,25,29). The molecule has 4 nitrogen and oxygen atoms in total. The van der Waals surface area contributed by atoms with Gasteiger partial charge in [-0.05, 0) is 87.2 Å². The summed E-state index contributed by atoms with van der Waals surface area (Å²) in [6, 6.07) is 6.87. The van der Waals surface area contributed by atoms with Crippen LogP contribution in [-0.2, 0) is 27.9 Å². The molecule has 4 rings (SSSR count). The van der Waals surface area contributed by atoms with E-state index in [1.54, 1.807) is 7.11 Å². The zero-order valence-corrected chi connectivity index (χ0v) is 19.2. The van der Waals surface area contributed by atoms with Gasteiger partial charge < -0.3 is 10.1 Å². The van der Waals surface area contributed by atoms with E-state index in [1.165, 1.54) is 16.7 Å². The van der Waals surface area contributed by atoms with Crippen molar-refractivity contribution in [3.8, 4) is 0 Å². The normalized spacial score (nSPS) is 31.4. The lowest BCUT2D eigenvalue weighted by Crippen LogP contribution is -2.57. The van der Waals surface area contributed by atoms with Crippen LogP contribution in [0.2, 0.25) is 0 Å². The molecule has 1 heterocycles. The first kappa shape index (κ1) is 20.8. The van der Waals surface area contributed by atoms with Crippen molar-refractivity contribution in [3.05, 3.63) is 34.9 Å². The van der Waals surface area contributed by atoms with Crippen molar-refractivity contribution in [2.75, 3.05) is 7.11 Å². The number of rotatable bonds is 4. The molecule has 1 N–H and O–H groups in total. The molecule has 0 radical (unpaired) electrons. The van der Waals surface area contributed by atoms with Crippen molar-refractivity contribution in [1.82, 2.24) is 10.2 Å². The molecule has 2 aliphatic carbocycles. The highest BCUT2D eigenvalue weighted by atomic mass is 32.1. The fraction of sp³-hybridized carbons (Fsp3) is 0.667. The minimum atomic E-state index is -0.727. The van der Waals surface area contributed by atoms with Gasteiger partial charge in [0.05, 0.1) is 6.10 Å². The molecule has 0 aromatic heterocycles. The molecule has 1 saturated carbocycles. The zero-order chi connectivity index (χ0) is 21.0. The van der Waals surface area contributed by atoms with Gasteiger partial charge in [0.25, 0.3) is 5.91 Å². The fourth-order valence-electron chi connectivity index (χ4n) is 6.00. The first-order valence-electron chi connectivity index (χ1n) is 11.0. The second-order valence-electron chi connectivity index (χ2n) is 9.93. The van der Waals surface area contributed by atoms with Crippen LogP contribution in [0, 0.1) is 11.3 Å². The minimum Gasteiger partial charge on any atom is -0.381 e. The molecule has 158 valence electrons. The number of thiocarbonyl (C=S) groups is 1. The maximum atomic E-state index is 14.0. The van der Waals surface area contributed by atoms with Crippen LogP contribution in [0.25, 0.3) is 0 Å². The van der Waals surface area contributed by atoms with Crippen LogP contribution in [0.15, 0.2) is 18.2 Å². The van der Waals surface area contributed by atoms with E-state index in [0.717, 1.165) is 38.5 Å². The Morgan fingerprint density at radius 2 is 1.93 bits per heavy atom. The second kappa shape index (κ2) is 7.35. The number of nitrogens with one attached hydrogen (secondary N) is 1. The molecule has 1 aliphatic heterocycles. The van der Waals surface area contributed by atoms with Crippen LogP contribution in [-0.4, -0.2) is 35.2 Å². The Labute approximate surface area is 180 Å². The van der Waals surface area contributed by atoms with E-state index in [4.69, 9.17) is 17.0 Å². The Balaban J connectivity index is 1.84. The van der Waals surface area contributed by atoms with E-state index in [2.05, 4.69) is 37.4 Å². The third-order valence-electron chi connectivity index (χ3n) is 7.34. The summed E-state index contributed by atoms with van der Waals surface area (Å²) < 4.78 is 5.65. The highest BCUT2D eigenvalue weighted by molar-refractivity contribution is 7.80. The summed E-state index contributed by atoms with van der Waals surface area (Å²) in [5, 5.41) is 4.19. The van der Waals surface area contributed by atoms with Gasteiger partial charge in [-0.2, -0.15) is 0 Å². The Hall–Kier alpha value is -1.46. The molecule has 5 heteroatoms. The Kier molecular flexibility index (Phi) is 5.27. The number of hydrogen-bond donors (Lipinski definition) is 1. The van der Waals surface area contributed by atoms with Crippen molar-refractivity contribution in [2.24, 2.45) is 11.3 Å². The molecule has 1 aromatic carbocycles. The number of ether oxygens (including phenoxy) is 1. The van der Waals surface area contributed by atoms with Crippen LogP contribution in [0.1, 0.15) is 70.1 Å².